The van der Waals surface area contributed by atoms with Gasteiger partial charge in [-0.3, -0.25) is 0 Å². The topological polar surface area (TPSA) is 95.8 Å². The summed E-state index contributed by atoms with van der Waals surface area (Å²) in [5, 5.41) is 17.7. The van der Waals surface area contributed by atoms with Gasteiger partial charge in [0.2, 0.25) is 0 Å². The van der Waals surface area contributed by atoms with E-state index in [0.717, 1.165) is 51.4 Å². The Morgan fingerprint density at radius 2 is 0.700 bits per heavy atom. The third kappa shape index (κ3) is 18.0. The Hall–Kier alpha value is 0.873. The average Bonchev–Trinajstić information content (AvgIpc) is 3.01. The van der Waals surface area contributed by atoms with Gasteiger partial charge >= 0.3 is 0 Å². The zero-order valence-electron chi connectivity index (χ0n) is 31.1. The first-order valence-corrected chi connectivity index (χ1v) is 16.6. The Kier molecular flexibility index (Phi) is 26.6. The number of hydrogen-bond donors (Lipinski definition) is 2. The van der Waals surface area contributed by atoms with Crippen LogP contribution in [0.2, 0.25) is 0 Å². The molecule has 12 heteroatoms. The number of hydrogen-bond acceptors (Lipinski definition) is 8. The van der Waals surface area contributed by atoms with E-state index in [1.54, 1.807) is 28.4 Å². The zero-order chi connectivity index (χ0) is 33.8. The Labute approximate surface area is 359 Å². The first-order chi connectivity index (χ1) is 21.8. The van der Waals surface area contributed by atoms with Crippen LogP contribution in [0.4, 0.5) is 0 Å². The summed E-state index contributed by atoms with van der Waals surface area (Å²) < 4.78 is 32.5. The van der Waals surface area contributed by atoms with E-state index >= 15 is 0 Å². The molecule has 50 heavy (non-hydrogen) atoms. The molecule has 0 bridgehead atoms. The SMILES string of the molecule is COC1(C)CC(O)C1.COC1(C)CC(O)C1.COC1(C)CC(OCc2ccccc2)C1.COC1(C)CC(OCc2ccccc2)C1.[W].[W].[W].[W]. The molecule has 4 fully saturated rings. The molecule has 2 N–H and O–H groups in total. The number of aliphatic hydroxyl groups is 2. The van der Waals surface area contributed by atoms with Gasteiger partial charge in [0, 0.05) is 164 Å². The summed E-state index contributed by atoms with van der Waals surface area (Å²) in [6, 6.07) is 20.6. The van der Waals surface area contributed by atoms with E-state index in [0.29, 0.717) is 25.4 Å². The fourth-order valence-electron chi connectivity index (χ4n) is 6.16. The van der Waals surface area contributed by atoms with E-state index in [4.69, 9.17) is 38.6 Å². The monoisotopic (exact) mass is 1380 g/mol. The second-order valence-corrected chi connectivity index (χ2v) is 14.4. The minimum Gasteiger partial charge on any atom is -0.393 e. The van der Waals surface area contributed by atoms with Crippen LogP contribution in [0.15, 0.2) is 60.7 Å². The maximum absolute atomic E-state index is 8.83. The van der Waals surface area contributed by atoms with Gasteiger partial charge in [0.1, 0.15) is 0 Å². The summed E-state index contributed by atoms with van der Waals surface area (Å²) in [7, 11) is 6.92. The molecule has 4 aliphatic rings. The van der Waals surface area contributed by atoms with E-state index in [1.165, 1.54) is 11.1 Å². The molecule has 0 heterocycles. The van der Waals surface area contributed by atoms with Gasteiger partial charge in [-0.25, -0.2) is 0 Å². The Morgan fingerprint density at radius 1 is 0.460 bits per heavy atom. The van der Waals surface area contributed by atoms with Gasteiger partial charge in [-0.05, 0) is 38.8 Å². The molecule has 4 saturated carbocycles. The number of benzene rings is 2. The molecule has 4 aliphatic carbocycles. The van der Waals surface area contributed by atoms with Crippen LogP contribution in [0.5, 0.6) is 0 Å². The summed E-state index contributed by atoms with van der Waals surface area (Å²) >= 11 is 0. The van der Waals surface area contributed by atoms with Crippen LogP contribution in [0.25, 0.3) is 0 Å². The third-order valence-electron chi connectivity index (χ3n) is 9.94. The minimum absolute atomic E-state index is 0. The van der Waals surface area contributed by atoms with Gasteiger partial charge in [-0.1, -0.05) is 60.7 Å². The maximum atomic E-state index is 8.83. The van der Waals surface area contributed by atoms with Crippen molar-refractivity contribution in [2.45, 2.75) is 139 Å². The van der Waals surface area contributed by atoms with Crippen molar-refractivity contribution in [1.82, 2.24) is 0 Å². The molecule has 0 aliphatic heterocycles. The van der Waals surface area contributed by atoms with Crippen molar-refractivity contribution in [3.05, 3.63) is 71.8 Å². The van der Waals surface area contributed by atoms with Gasteiger partial charge in [0.25, 0.3) is 0 Å². The third-order valence-corrected chi connectivity index (χ3v) is 9.94. The molecule has 0 aromatic heterocycles. The van der Waals surface area contributed by atoms with E-state index in [2.05, 4.69) is 38.1 Å². The Bertz CT molecular complexity index is 1030. The molecule has 0 atom stereocenters. The Balaban J connectivity index is 0. The number of methoxy groups -OCH3 is 4. The molecule has 0 radical (unpaired) electrons. The quantitative estimate of drug-likeness (QED) is 0.275. The van der Waals surface area contributed by atoms with E-state index in [1.807, 2.05) is 50.2 Å². The van der Waals surface area contributed by atoms with Gasteiger partial charge in [0.15, 0.2) is 0 Å². The summed E-state index contributed by atoms with van der Waals surface area (Å²) in [5.41, 5.74) is 2.56. The summed E-state index contributed by atoms with van der Waals surface area (Å²) in [6.07, 6.45) is 7.74. The largest absolute Gasteiger partial charge is 0.393 e. The summed E-state index contributed by atoms with van der Waals surface area (Å²) in [5.74, 6) is 0. The second-order valence-electron chi connectivity index (χ2n) is 14.4. The standard InChI is InChI=1S/2C13H18O2.2C6H12O2.4W/c2*1-13(14-2)8-12(9-13)15-10-11-6-4-3-5-7-11;2*1-6(8-2)3-5(7)4-6;;;;/h2*3-7,12H,8-10H2,1-2H3;2*5,7H,3-4H2,1-2H3;;;;. The van der Waals surface area contributed by atoms with E-state index in [9.17, 15) is 0 Å². The maximum Gasteiger partial charge on any atom is 0.0720 e. The molecule has 284 valence electrons. The molecule has 2 aromatic rings. The van der Waals surface area contributed by atoms with E-state index < -0.39 is 0 Å². The molecule has 0 spiro atoms. The normalized spacial score (nSPS) is 32.7. The molecular weight excluding hydrogens is 1320 g/mol. The van der Waals surface area contributed by atoms with Crippen molar-refractivity contribution < 1.29 is 123 Å². The number of aliphatic hydroxyl groups excluding tert-OH is 2. The first kappa shape index (κ1) is 53.0. The fourth-order valence-corrected chi connectivity index (χ4v) is 6.16. The van der Waals surface area contributed by atoms with Crippen molar-refractivity contribution in [2.75, 3.05) is 28.4 Å². The predicted molar refractivity (Wildman–Crippen MR) is 181 cm³/mol. The van der Waals surface area contributed by atoms with Crippen LogP contribution in [-0.2, 0) is 126 Å². The zero-order valence-corrected chi connectivity index (χ0v) is 42.9. The molecule has 8 nitrogen and oxygen atoms in total. The van der Waals surface area contributed by atoms with Crippen LogP contribution < -0.4 is 0 Å². The molecular formula is C38H60O8W4. The molecule has 0 amide bonds. The average molecular weight is 1380 g/mol. The molecule has 0 saturated heterocycles. The fraction of sp³-hybridized carbons (Fsp3) is 0.684. The van der Waals surface area contributed by atoms with Crippen LogP contribution >= 0.6 is 0 Å². The van der Waals surface area contributed by atoms with Crippen molar-refractivity contribution >= 4 is 0 Å². The smallest absolute Gasteiger partial charge is 0.0720 e. The van der Waals surface area contributed by atoms with Gasteiger partial charge in [-0.15, -0.1) is 0 Å². The van der Waals surface area contributed by atoms with Crippen molar-refractivity contribution in [2.24, 2.45) is 0 Å². The summed E-state index contributed by atoms with van der Waals surface area (Å²) in [4.78, 5) is 0. The summed E-state index contributed by atoms with van der Waals surface area (Å²) in [6.45, 7) is 9.72. The Morgan fingerprint density at radius 3 is 0.900 bits per heavy atom. The molecule has 0 unspecified atom stereocenters. The van der Waals surface area contributed by atoms with Gasteiger partial charge < -0.3 is 38.6 Å². The second kappa shape index (κ2) is 25.1. The van der Waals surface area contributed by atoms with Gasteiger partial charge in [-0.2, -0.15) is 0 Å². The molecule has 2 aromatic carbocycles. The first-order valence-electron chi connectivity index (χ1n) is 16.6. The van der Waals surface area contributed by atoms with Gasteiger partial charge in [0.05, 0.1) is 60.0 Å². The number of ether oxygens (including phenoxy) is 6. The van der Waals surface area contributed by atoms with Crippen LogP contribution in [-0.4, -0.2) is 85.5 Å². The van der Waals surface area contributed by atoms with E-state index in [-0.39, 0.29) is 119 Å². The minimum atomic E-state index is -0.111. The number of rotatable bonds is 10. The van der Waals surface area contributed by atoms with Crippen LogP contribution in [0.1, 0.15) is 90.2 Å². The molecule has 6 rings (SSSR count). The van der Waals surface area contributed by atoms with Crippen molar-refractivity contribution in [1.29, 1.82) is 0 Å². The van der Waals surface area contributed by atoms with Crippen LogP contribution in [0, 0.1) is 0 Å². The van der Waals surface area contributed by atoms with Crippen molar-refractivity contribution in [3.8, 4) is 0 Å². The van der Waals surface area contributed by atoms with Crippen molar-refractivity contribution in [3.63, 3.8) is 0 Å². The van der Waals surface area contributed by atoms with Crippen LogP contribution in [0.3, 0.4) is 0 Å². The predicted octanol–water partition coefficient (Wildman–Crippen LogP) is 6.62.